The molecule has 1 atom stereocenters. The van der Waals surface area contributed by atoms with Gasteiger partial charge in [0, 0.05) is 14.1 Å². The lowest BCUT2D eigenvalue weighted by atomic mass is 10.2. The summed E-state index contributed by atoms with van der Waals surface area (Å²) in [5, 5.41) is 0. The van der Waals surface area contributed by atoms with Crippen molar-refractivity contribution in [1.29, 1.82) is 0 Å². The lowest BCUT2D eigenvalue weighted by Crippen LogP contribution is -2.42. The van der Waals surface area contributed by atoms with Gasteiger partial charge >= 0.3 is 0 Å². The summed E-state index contributed by atoms with van der Waals surface area (Å²) in [7, 11) is 3.66. The van der Waals surface area contributed by atoms with Crippen molar-refractivity contribution in [3.63, 3.8) is 0 Å². The van der Waals surface area contributed by atoms with E-state index in [1.54, 1.807) is 4.90 Å². The van der Waals surface area contributed by atoms with Crippen LogP contribution in [-0.4, -0.2) is 48.9 Å². The van der Waals surface area contributed by atoms with Crippen LogP contribution in [0.5, 0.6) is 0 Å². The zero-order chi connectivity index (χ0) is 11.1. The SMILES string of the molecule is CC.CCN1CCCC1C(=O)N(C)C. The normalized spacial score (nSPS) is 21.4. The lowest BCUT2D eigenvalue weighted by Gasteiger charge is -2.24. The van der Waals surface area contributed by atoms with Crippen LogP contribution in [0.2, 0.25) is 0 Å². The van der Waals surface area contributed by atoms with Crippen molar-refractivity contribution in [1.82, 2.24) is 9.80 Å². The highest BCUT2D eigenvalue weighted by molar-refractivity contribution is 5.81. The minimum atomic E-state index is 0.157. The average molecular weight is 200 g/mol. The zero-order valence-electron chi connectivity index (χ0n) is 10.2. The Kier molecular flexibility index (Phi) is 6.54. The van der Waals surface area contributed by atoms with Gasteiger partial charge in [-0.15, -0.1) is 0 Å². The summed E-state index contributed by atoms with van der Waals surface area (Å²) in [5.74, 6) is 0.259. The van der Waals surface area contributed by atoms with Crippen LogP contribution in [0.4, 0.5) is 0 Å². The number of carbonyl (C=O) groups is 1. The second-order valence-electron chi connectivity index (χ2n) is 3.52. The van der Waals surface area contributed by atoms with Gasteiger partial charge in [0.1, 0.15) is 0 Å². The highest BCUT2D eigenvalue weighted by Gasteiger charge is 2.30. The Hall–Kier alpha value is -0.570. The number of carbonyl (C=O) groups excluding carboxylic acids is 1. The first-order chi connectivity index (χ1) is 6.66. The maximum atomic E-state index is 11.6. The van der Waals surface area contributed by atoms with Crippen LogP contribution in [0.1, 0.15) is 33.6 Å². The average Bonchev–Trinajstić information content (AvgIpc) is 2.67. The van der Waals surface area contributed by atoms with E-state index in [1.807, 2.05) is 27.9 Å². The highest BCUT2D eigenvalue weighted by Crippen LogP contribution is 2.17. The zero-order valence-corrected chi connectivity index (χ0v) is 10.2. The first kappa shape index (κ1) is 13.4. The first-order valence-corrected chi connectivity index (χ1v) is 5.62. The van der Waals surface area contributed by atoms with Crippen molar-refractivity contribution in [3.05, 3.63) is 0 Å². The van der Waals surface area contributed by atoms with Crippen LogP contribution in [0, 0.1) is 0 Å². The summed E-state index contributed by atoms with van der Waals surface area (Å²) in [6, 6.07) is 0.157. The molecule has 1 aliphatic heterocycles. The van der Waals surface area contributed by atoms with E-state index in [2.05, 4.69) is 11.8 Å². The van der Waals surface area contributed by atoms with Gasteiger partial charge in [-0.1, -0.05) is 20.8 Å². The Labute approximate surface area is 88.1 Å². The monoisotopic (exact) mass is 200 g/mol. The Morgan fingerprint density at radius 1 is 1.43 bits per heavy atom. The van der Waals surface area contributed by atoms with E-state index in [4.69, 9.17) is 0 Å². The van der Waals surface area contributed by atoms with Crippen LogP contribution in [0.3, 0.4) is 0 Å². The fourth-order valence-electron chi connectivity index (χ4n) is 1.78. The molecule has 84 valence electrons. The maximum Gasteiger partial charge on any atom is 0.239 e. The van der Waals surface area contributed by atoms with Crippen molar-refractivity contribution in [3.8, 4) is 0 Å². The molecule has 0 aromatic rings. The van der Waals surface area contributed by atoms with Gasteiger partial charge in [0.05, 0.1) is 6.04 Å². The predicted molar refractivity (Wildman–Crippen MR) is 60.3 cm³/mol. The molecule has 1 fully saturated rings. The molecule has 0 aromatic heterocycles. The number of nitrogens with zero attached hydrogens (tertiary/aromatic N) is 2. The third-order valence-electron chi connectivity index (χ3n) is 2.50. The van der Waals surface area contributed by atoms with Crippen LogP contribution < -0.4 is 0 Å². The fraction of sp³-hybridized carbons (Fsp3) is 0.909. The molecule has 0 bridgehead atoms. The highest BCUT2D eigenvalue weighted by atomic mass is 16.2. The fourth-order valence-corrected chi connectivity index (χ4v) is 1.78. The number of likely N-dealkylation sites (N-methyl/N-ethyl adjacent to an activating group) is 2. The molecule has 3 heteroatoms. The van der Waals surface area contributed by atoms with Gasteiger partial charge in [-0.25, -0.2) is 0 Å². The number of likely N-dealkylation sites (tertiary alicyclic amines) is 1. The smallest absolute Gasteiger partial charge is 0.239 e. The van der Waals surface area contributed by atoms with E-state index in [9.17, 15) is 4.79 Å². The molecule has 14 heavy (non-hydrogen) atoms. The van der Waals surface area contributed by atoms with Crippen molar-refractivity contribution in [2.24, 2.45) is 0 Å². The second kappa shape index (κ2) is 6.82. The van der Waals surface area contributed by atoms with E-state index in [-0.39, 0.29) is 11.9 Å². The molecule has 0 spiro atoms. The van der Waals surface area contributed by atoms with Gasteiger partial charge in [0.2, 0.25) is 5.91 Å². The Balaban J connectivity index is 0.000000791. The number of hydrogen-bond donors (Lipinski definition) is 0. The number of amides is 1. The molecule has 0 aromatic carbocycles. The number of hydrogen-bond acceptors (Lipinski definition) is 2. The molecule has 3 nitrogen and oxygen atoms in total. The van der Waals surface area contributed by atoms with Crippen LogP contribution in [0.15, 0.2) is 0 Å². The third kappa shape index (κ3) is 3.29. The third-order valence-corrected chi connectivity index (χ3v) is 2.50. The molecule has 1 rings (SSSR count). The first-order valence-electron chi connectivity index (χ1n) is 5.62. The summed E-state index contributed by atoms with van der Waals surface area (Å²) < 4.78 is 0. The van der Waals surface area contributed by atoms with Gasteiger partial charge in [-0.3, -0.25) is 9.69 Å². The molecule has 1 saturated heterocycles. The molecule has 0 aliphatic carbocycles. The Morgan fingerprint density at radius 3 is 2.43 bits per heavy atom. The van der Waals surface area contributed by atoms with Crippen LogP contribution >= 0.6 is 0 Å². The molecule has 0 saturated carbocycles. The molecule has 0 radical (unpaired) electrons. The molecular weight excluding hydrogens is 176 g/mol. The van der Waals surface area contributed by atoms with E-state index in [0.29, 0.717) is 0 Å². The summed E-state index contributed by atoms with van der Waals surface area (Å²) in [6.07, 6.45) is 2.20. The van der Waals surface area contributed by atoms with Gasteiger partial charge in [-0.05, 0) is 25.9 Å². The molecule has 1 aliphatic rings. The van der Waals surface area contributed by atoms with Gasteiger partial charge in [0.25, 0.3) is 0 Å². The van der Waals surface area contributed by atoms with Gasteiger partial charge < -0.3 is 4.90 Å². The van der Waals surface area contributed by atoms with Crippen LogP contribution in [-0.2, 0) is 4.79 Å². The van der Waals surface area contributed by atoms with E-state index in [0.717, 1.165) is 25.9 Å². The van der Waals surface area contributed by atoms with E-state index in [1.165, 1.54) is 0 Å². The lowest BCUT2D eigenvalue weighted by molar-refractivity contribution is -0.133. The van der Waals surface area contributed by atoms with Gasteiger partial charge in [0.15, 0.2) is 0 Å². The predicted octanol–water partition coefficient (Wildman–Crippen LogP) is 1.59. The Bertz CT molecular complexity index is 169. The topological polar surface area (TPSA) is 23.6 Å². The molecule has 1 amide bonds. The molecular formula is C11H24N2O. The minimum absolute atomic E-state index is 0.157. The largest absolute Gasteiger partial charge is 0.347 e. The number of rotatable bonds is 2. The van der Waals surface area contributed by atoms with E-state index < -0.39 is 0 Å². The van der Waals surface area contributed by atoms with Gasteiger partial charge in [-0.2, -0.15) is 0 Å². The summed E-state index contributed by atoms with van der Waals surface area (Å²) >= 11 is 0. The van der Waals surface area contributed by atoms with Crippen molar-refractivity contribution in [2.75, 3.05) is 27.2 Å². The van der Waals surface area contributed by atoms with Crippen LogP contribution in [0.25, 0.3) is 0 Å². The quantitative estimate of drug-likeness (QED) is 0.676. The molecule has 1 heterocycles. The summed E-state index contributed by atoms with van der Waals surface area (Å²) in [6.45, 7) is 8.19. The Morgan fingerprint density at radius 2 is 2.00 bits per heavy atom. The van der Waals surface area contributed by atoms with Crippen molar-refractivity contribution < 1.29 is 4.79 Å². The molecule has 1 unspecified atom stereocenters. The second-order valence-corrected chi connectivity index (χ2v) is 3.52. The van der Waals surface area contributed by atoms with E-state index >= 15 is 0 Å². The summed E-state index contributed by atoms with van der Waals surface area (Å²) in [4.78, 5) is 15.5. The molecule has 0 N–H and O–H groups in total. The standard InChI is InChI=1S/C9H18N2O.C2H6/c1-4-11-7-5-6-8(11)9(12)10(2)3;1-2/h8H,4-7H2,1-3H3;1-2H3. The minimum Gasteiger partial charge on any atom is -0.347 e. The van der Waals surface area contributed by atoms with Crippen molar-refractivity contribution >= 4 is 5.91 Å². The van der Waals surface area contributed by atoms with Crippen molar-refractivity contribution in [2.45, 2.75) is 39.7 Å². The maximum absolute atomic E-state index is 11.6. The summed E-state index contributed by atoms with van der Waals surface area (Å²) in [5.41, 5.74) is 0.